The quantitative estimate of drug-likeness (QED) is 0.644. The van der Waals surface area contributed by atoms with Crippen LogP contribution in [0.5, 0.6) is 0 Å². The fraction of sp³-hybridized carbons (Fsp3) is 0.545. The van der Waals surface area contributed by atoms with Crippen molar-refractivity contribution in [2.75, 3.05) is 0 Å². The van der Waals surface area contributed by atoms with Crippen LogP contribution in [0.2, 0.25) is 0 Å². The van der Waals surface area contributed by atoms with E-state index in [4.69, 9.17) is 5.73 Å². The summed E-state index contributed by atoms with van der Waals surface area (Å²) in [6.07, 6.45) is 3.94. The van der Waals surface area contributed by atoms with Crippen LogP contribution in [0.3, 0.4) is 0 Å². The van der Waals surface area contributed by atoms with Gasteiger partial charge in [0, 0.05) is 18.2 Å². The molecule has 0 bridgehead atoms. The number of carbonyl (C=O) groups is 1. The average molecular weight is 269 g/mol. The van der Waals surface area contributed by atoms with E-state index < -0.39 is 4.92 Å². The van der Waals surface area contributed by atoms with Crippen molar-refractivity contribution in [1.82, 2.24) is 5.32 Å². The first-order valence-corrected chi connectivity index (χ1v) is 6.70. The van der Waals surface area contributed by atoms with E-state index >= 15 is 0 Å². The van der Waals surface area contributed by atoms with Crippen molar-refractivity contribution in [1.29, 1.82) is 0 Å². The van der Waals surface area contributed by atoms with Gasteiger partial charge in [-0.25, -0.2) is 0 Å². The summed E-state index contributed by atoms with van der Waals surface area (Å²) in [5, 5.41) is 13.4. The first-order chi connectivity index (χ1) is 8.58. The third-order valence-corrected chi connectivity index (χ3v) is 4.17. The molecule has 1 aliphatic carbocycles. The van der Waals surface area contributed by atoms with Crippen LogP contribution in [0.4, 0.5) is 5.00 Å². The van der Waals surface area contributed by atoms with Gasteiger partial charge >= 0.3 is 5.00 Å². The van der Waals surface area contributed by atoms with Crippen LogP contribution in [-0.4, -0.2) is 22.9 Å². The van der Waals surface area contributed by atoms with Crippen molar-refractivity contribution in [3.63, 3.8) is 0 Å². The van der Waals surface area contributed by atoms with Crippen molar-refractivity contribution in [3.05, 3.63) is 27.1 Å². The Labute approximate surface area is 108 Å². The second-order valence-electron chi connectivity index (χ2n) is 4.42. The van der Waals surface area contributed by atoms with Gasteiger partial charge in [-0.3, -0.25) is 14.9 Å². The van der Waals surface area contributed by atoms with Crippen molar-refractivity contribution in [2.45, 2.75) is 37.8 Å². The number of nitro groups is 1. The number of hydrogen-bond donors (Lipinski definition) is 2. The van der Waals surface area contributed by atoms with Gasteiger partial charge in [0.15, 0.2) is 0 Å². The molecule has 1 saturated carbocycles. The lowest BCUT2D eigenvalue weighted by atomic mass is 9.91. The van der Waals surface area contributed by atoms with Crippen LogP contribution in [0.1, 0.15) is 35.4 Å². The van der Waals surface area contributed by atoms with Crippen LogP contribution in [0, 0.1) is 10.1 Å². The van der Waals surface area contributed by atoms with E-state index in [0.717, 1.165) is 37.0 Å². The van der Waals surface area contributed by atoms with E-state index in [0.29, 0.717) is 4.88 Å². The Balaban J connectivity index is 2.00. The van der Waals surface area contributed by atoms with E-state index in [2.05, 4.69) is 5.32 Å². The molecule has 0 unspecified atom stereocenters. The zero-order valence-corrected chi connectivity index (χ0v) is 10.6. The lowest BCUT2D eigenvalue weighted by Crippen LogP contribution is -2.49. The molecule has 0 aliphatic heterocycles. The SMILES string of the molecule is N[C@@H]1CCCC[C@H]1NC(=O)c1ccc([N+](=O)[O-])s1. The molecule has 98 valence electrons. The Morgan fingerprint density at radius 2 is 2.17 bits per heavy atom. The maximum atomic E-state index is 11.9. The van der Waals surface area contributed by atoms with Gasteiger partial charge in [0.1, 0.15) is 0 Å². The summed E-state index contributed by atoms with van der Waals surface area (Å²) < 4.78 is 0. The van der Waals surface area contributed by atoms with Crippen LogP contribution >= 0.6 is 11.3 Å². The summed E-state index contributed by atoms with van der Waals surface area (Å²) in [5.41, 5.74) is 5.94. The number of hydrogen-bond acceptors (Lipinski definition) is 5. The number of rotatable bonds is 3. The third-order valence-electron chi connectivity index (χ3n) is 3.13. The molecule has 7 heteroatoms. The Bertz CT molecular complexity index is 460. The molecule has 0 radical (unpaired) electrons. The molecule has 1 heterocycles. The molecular weight excluding hydrogens is 254 g/mol. The van der Waals surface area contributed by atoms with Crippen LogP contribution in [-0.2, 0) is 0 Å². The second kappa shape index (κ2) is 5.45. The fourth-order valence-electron chi connectivity index (χ4n) is 2.13. The Hall–Kier alpha value is -1.47. The molecule has 1 aromatic heterocycles. The molecule has 0 aromatic carbocycles. The molecule has 2 rings (SSSR count). The van der Waals surface area contributed by atoms with Gasteiger partial charge in [-0.2, -0.15) is 0 Å². The van der Waals surface area contributed by atoms with Gasteiger partial charge in [0.05, 0.1) is 9.80 Å². The minimum absolute atomic E-state index is 0.0161. The maximum Gasteiger partial charge on any atom is 0.324 e. The minimum Gasteiger partial charge on any atom is -0.347 e. The first-order valence-electron chi connectivity index (χ1n) is 5.88. The maximum absolute atomic E-state index is 11.9. The van der Waals surface area contributed by atoms with Crippen LogP contribution < -0.4 is 11.1 Å². The van der Waals surface area contributed by atoms with E-state index in [1.54, 1.807) is 0 Å². The molecule has 2 atom stereocenters. The molecule has 0 saturated heterocycles. The summed E-state index contributed by atoms with van der Waals surface area (Å²) in [5.74, 6) is -0.268. The van der Waals surface area contributed by atoms with Gasteiger partial charge < -0.3 is 11.1 Å². The second-order valence-corrected chi connectivity index (χ2v) is 5.49. The average Bonchev–Trinajstić information content (AvgIpc) is 2.81. The van der Waals surface area contributed by atoms with Crippen molar-refractivity contribution in [3.8, 4) is 0 Å². The highest BCUT2D eigenvalue weighted by Crippen LogP contribution is 2.24. The Morgan fingerprint density at radius 3 is 2.78 bits per heavy atom. The van der Waals surface area contributed by atoms with Gasteiger partial charge in [-0.05, 0) is 18.9 Å². The summed E-state index contributed by atoms with van der Waals surface area (Å²) in [6.45, 7) is 0. The monoisotopic (exact) mass is 269 g/mol. The van der Waals surface area contributed by atoms with Crippen molar-refractivity contribution >= 4 is 22.2 Å². The van der Waals surface area contributed by atoms with Crippen molar-refractivity contribution < 1.29 is 9.72 Å². The molecule has 0 spiro atoms. The third kappa shape index (κ3) is 2.85. The smallest absolute Gasteiger partial charge is 0.324 e. The molecule has 6 nitrogen and oxygen atoms in total. The number of carbonyl (C=O) groups excluding carboxylic acids is 1. The molecule has 3 N–H and O–H groups in total. The number of nitrogens with zero attached hydrogens (tertiary/aromatic N) is 1. The highest BCUT2D eigenvalue weighted by Gasteiger charge is 2.24. The standard InChI is InChI=1S/C11H15N3O3S/c12-7-3-1-2-4-8(7)13-11(15)9-5-6-10(18-9)14(16)17/h5-8H,1-4,12H2,(H,13,15)/t7-,8-/m1/s1. The highest BCUT2D eigenvalue weighted by atomic mass is 32.1. The number of amides is 1. The molecule has 1 fully saturated rings. The van der Waals surface area contributed by atoms with Gasteiger partial charge in [-0.1, -0.05) is 24.2 Å². The molecule has 1 amide bonds. The van der Waals surface area contributed by atoms with Gasteiger partial charge in [-0.15, -0.1) is 0 Å². The van der Waals surface area contributed by atoms with Crippen molar-refractivity contribution in [2.24, 2.45) is 5.73 Å². The van der Waals surface area contributed by atoms with Crippen LogP contribution in [0.15, 0.2) is 12.1 Å². The molecule has 1 aromatic rings. The van der Waals surface area contributed by atoms with Gasteiger partial charge in [0.25, 0.3) is 5.91 Å². The zero-order chi connectivity index (χ0) is 13.1. The molecule has 18 heavy (non-hydrogen) atoms. The van der Waals surface area contributed by atoms with E-state index in [9.17, 15) is 14.9 Å². The van der Waals surface area contributed by atoms with Crippen LogP contribution in [0.25, 0.3) is 0 Å². The lowest BCUT2D eigenvalue weighted by molar-refractivity contribution is -0.380. The summed E-state index contributed by atoms with van der Waals surface area (Å²) >= 11 is 0.887. The highest BCUT2D eigenvalue weighted by molar-refractivity contribution is 7.17. The predicted octanol–water partition coefficient (Wildman–Crippen LogP) is 1.66. The fourth-order valence-corrected chi connectivity index (χ4v) is 2.85. The minimum atomic E-state index is -0.492. The number of thiophene rings is 1. The topological polar surface area (TPSA) is 98.3 Å². The predicted molar refractivity (Wildman–Crippen MR) is 68.7 cm³/mol. The molecular formula is C11H15N3O3S. The summed E-state index contributed by atoms with van der Waals surface area (Å²) in [6, 6.07) is 2.79. The first kappa shape index (κ1) is 13.0. The number of nitrogens with one attached hydrogen (secondary N) is 1. The molecule has 1 aliphatic rings. The van der Waals surface area contributed by atoms with Gasteiger partial charge in [0.2, 0.25) is 0 Å². The summed E-state index contributed by atoms with van der Waals surface area (Å²) in [4.78, 5) is 22.3. The largest absolute Gasteiger partial charge is 0.347 e. The van der Waals surface area contributed by atoms with E-state index in [1.165, 1.54) is 12.1 Å². The Kier molecular flexibility index (Phi) is 3.93. The number of nitrogens with two attached hydrogens (primary N) is 1. The Morgan fingerprint density at radius 1 is 1.44 bits per heavy atom. The zero-order valence-electron chi connectivity index (χ0n) is 9.80. The van der Waals surface area contributed by atoms with E-state index in [1.807, 2.05) is 0 Å². The normalized spacial score (nSPS) is 23.6. The van der Waals surface area contributed by atoms with E-state index in [-0.39, 0.29) is 23.0 Å². The summed E-state index contributed by atoms with van der Waals surface area (Å²) in [7, 11) is 0. The lowest BCUT2D eigenvalue weighted by Gasteiger charge is -2.29.